The van der Waals surface area contributed by atoms with Gasteiger partial charge in [0, 0.05) is 6.54 Å². The van der Waals surface area contributed by atoms with Crippen molar-refractivity contribution >= 4 is 11.8 Å². The van der Waals surface area contributed by atoms with Gasteiger partial charge >= 0.3 is 5.97 Å². The fraction of sp³-hybridized carbons (Fsp3) is 0.500. The van der Waals surface area contributed by atoms with Crippen molar-refractivity contribution < 1.29 is 9.90 Å². The molecule has 1 aromatic rings. The molecule has 15 heavy (non-hydrogen) atoms. The van der Waals surface area contributed by atoms with E-state index in [0.29, 0.717) is 5.82 Å². The summed E-state index contributed by atoms with van der Waals surface area (Å²) in [4.78, 5) is 10.8. The van der Waals surface area contributed by atoms with Crippen molar-refractivity contribution in [2.75, 3.05) is 11.9 Å². The van der Waals surface area contributed by atoms with E-state index in [0.717, 1.165) is 18.9 Å². The lowest BCUT2D eigenvalue weighted by molar-refractivity contribution is 0.0697. The first kappa shape index (κ1) is 9.89. The molecule has 0 saturated heterocycles. The van der Waals surface area contributed by atoms with Gasteiger partial charge < -0.3 is 10.4 Å². The fourth-order valence-corrected chi connectivity index (χ4v) is 1.44. The first-order valence-electron chi connectivity index (χ1n) is 5.06. The lowest BCUT2D eigenvalue weighted by Crippen LogP contribution is -2.10. The molecule has 1 saturated carbocycles. The van der Waals surface area contributed by atoms with Crippen LogP contribution in [0.2, 0.25) is 0 Å². The number of nitrogens with one attached hydrogen (secondary N) is 1. The van der Waals surface area contributed by atoms with Gasteiger partial charge in [0.25, 0.3) is 0 Å². The van der Waals surface area contributed by atoms with Crippen LogP contribution in [0.25, 0.3) is 0 Å². The Labute approximate surface area is 87.5 Å². The van der Waals surface area contributed by atoms with E-state index in [1.54, 1.807) is 0 Å². The Balaban J connectivity index is 1.95. The molecule has 5 heteroatoms. The molecule has 0 aromatic carbocycles. The molecule has 1 fully saturated rings. The van der Waals surface area contributed by atoms with Crippen molar-refractivity contribution in [2.45, 2.75) is 19.3 Å². The van der Waals surface area contributed by atoms with Crippen molar-refractivity contribution in [3.8, 4) is 0 Å². The van der Waals surface area contributed by atoms with Gasteiger partial charge in [-0.15, -0.1) is 5.10 Å². The highest BCUT2D eigenvalue weighted by atomic mass is 16.4. The third-order valence-corrected chi connectivity index (χ3v) is 2.49. The van der Waals surface area contributed by atoms with Crippen LogP contribution in [-0.4, -0.2) is 27.8 Å². The summed E-state index contributed by atoms with van der Waals surface area (Å²) in [7, 11) is 0. The highest BCUT2D eigenvalue weighted by Gasteiger charge is 2.20. The van der Waals surface area contributed by atoms with Gasteiger partial charge in [0.05, 0.1) is 6.20 Å². The molecule has 1 aromatic heterocycles. The SMILES string of the molecule is O=C(O)c1ccnnc1NCCC1CC1. The van der Waals surface area contributed by atoms with E-state index in [1.807, 2.05) is 0 Å². The zero-order valence-corrected chi connectivity index (χ0v) is 8.31. The Bertz CT molecular complexity index is 363. The highest BCUT2D eigenvalue weighted by Crippen LogP contribution is 2.32. The lowest BCUT2D eigenvalue weighted by Gasteiger charge is -2.06. The Hall–Kier alpha value is -1.65. The summed E-state index contributed by atoms with van der Waals surface area (Å²) in [6.07, 6.45) is 5.06. The molecule has 1 heterocycles. The second kappa shape index (κ2) is 4.25. The minimum Gasteiger partial charge on any atom is -0.478 e. The average molecular weight is 207 g/mol. The van der Waals surface area contributed by atoms with E-state index in [1.165, 1.54) is 25.1 Å². The van der Waals surface area contributed by atoms with Gasteiger partial charge in [-0.25, -0.2) is 4.79 Å². The van der Waals surface area contributed by atoms with Crippen molar-refractivity contribution in [1.82, 2.24) is 10.2 Å². The topological polar surface area (TPSA) is 75.1 Å². The van der Waals surface area contributed by atoms with Crippen LogP contribution in [0.15, 0.2) is 12.3 Å². The van der Waals surface area contributed by atoms with E-state index in [2.05, 4.69) is 15.5 Å². The fourth-order valence-electron chi connectivity index (χ4n) is 1.44. The first-order valence-corrected chi connectivity index (χ1v) is 5.06. The molecular weight excluding hydrogens is 194 g/mol. The minimum atomic E-state index is -0.973. The highest BCUT2D eigenvalue weighted by molar-refractivity contribution is 5.92. The van der Waals surface area contributed by atoms with Crippen molar-refractivity contribution in [2.24, 2.45) is 5.92 Å². The van der Waals surface area contributed by atoms with Gasteiger partial charge in [-0.05, 0) is 18.4 Å². The maximum atomic E-state index is 10.8. The largest absolute Gasteiger partial charge is 0.478 e. The van der Waals surface area contributed by atoms with E-state index in [9.17, 15) is 4.79 Å². The van der Waals surface area contributed by atoms with Gasteiger partial charge in [-0.1, -0.05) is 12.8 Å². The third-order valence-electron chi connectivity index (χ3n) is 2.49. The van der Waals surface area contributed by atoms with Gasteiger partial charge in [0.2, 0.25) is 0 Å². The molecule has 1 aliphatic carbocycles. The maximum Gasteiger partial charge on any atom is 0.339 e. The number of carboxylic acids is 1. The second-order valence-electron chi connectivity index (χ2n) is 3.76. The Morgan fingerprint density at radius 1 is 1.60 bits per heavy atom. The molecule has 0 amide bonds. The minimum absolute atomic E-state index is 0.181. The molecule has 80 valence electrons. The van der Waals surface area contributed by atoms with E-state index in [-0.39, 0.29) is 5.56 Å². The molecule has 0 aliphatic heterocycles. The van der Waals surface area contributed by atoms with Crippen LogP contribution >= 0.6 is 0 Å². The number of anilines is 1. The summed E-state index contributed by atoms with van der Waals surface area (Å²) in [6, 6.07) is 1.45. The van der Waals surface area contributed by atoms with Crippen LogP contribution in [0.3, 0.4) is 0 Å². The van der Waals surface area contributed by atoms with E-state index < -0.39 is 5.97 Å². The Kier molecular flexibility index (Phi) is 2.80. The Morgan fingerprint density at radius 2 is 2.40 bits per heavy atom. The summed E-state index contributed by atoms with van der Waals surface area (Å²) in [5.74, 6) is 0.215. The summed E-state index contributed by atoms with van der Waals surface area (Å²) in [5, 5.41) is 19.3. The van der Waals surface area contributed by atoms with Gasteiger partial charge in [0.1, 0.15) is 5.56 Å². The summed E-state index contributed by atoms with van der Waals surface area (Å²) < 4.78 is 0. The molecule has 0 spiro atoms. The van der Waals surface area contributed by atoms with Crippen molar-refractivity contribution in [3.05, 3.63) is 17.8 Å². The number of carboxylic acid groups (broad SMARTS) is 1. The van der Waals surface area contributed by atoms with Crippen LogP contribution < -0.4 is 5.32 Å². The summed E-state index contributed by atoms with van der Waals surface area (Å²) in [6.45, 7) is 0.767. The summed E-state index contributed by atoms with van der Waals surface area (Å²) in [5.41, 5.74) is 0.181. The number of rotatable bonds is 5. The molecule has 0 bridgehead atoms. The van der Waals surface area contributed by atoms with Gasteiger partial charge in [-0.3, -0.25) is 0 Å². The molecule has 0 radical (unpaired) electrons. The van der Waals surface area contributed by atoms with Crippen LogP contribution in [-0.2, 0) is 0 Å². The Morgan fingerprint density at radius 3 is 3.07 bits per heavy atom. The van der Waals surface area contributed by atoms with Crippen LogP contribution in [0, 0.1) is 5.92 Å². The number of hydrogen-bond donors (Lipinski definition) is 2. The normalized spacial score (nSPS) is 14.9. The zero-order valence-electron chi connectivity index (χ0n) is 8.31. The number of carbonyl (C=O) groups is 1. The average Bonchev–Trinajstić information content (AvgIpc) is 3.02. The zero-order chi connectivity index (χ0) is 10.7. The quantitative estimate of drug-likeness (QED) is 0.763. The van der Waals surface area contributed by atoms with E-state index in [4.69, 9.17) is 5.11 Å². The molecular formula is C10H13N3O2. The second-order valence-corrected chi connectivity index (χ2v) is 3.76. The molecule has 0 atom stereocenters. The number of aromatic nitrogens is 2. The van der Waals surface area contributed by atoms with Gasteiger partial charge in [-0.2, -0.15) is 5.10 Å². The van der Waals surface area contributed by atoms with E-state index >= 15 is 0 Å². The van der Waals surface area contributed by atoms with Crippen molar-refractivity contribution in [3.63, 3.8) is 0 Å². The molecule has 0 unspecified atom stereocenters. The molecule has 5 nitrogen and oxygen atoms in total. The standard InChI is InChI=1S/C10H13N3O2/c14-10(15)8-4-6-12-13-9(8)11-5-3-7-1-2-7/h4,6-7H,1-3,5H2,(H,11,13)(H,14,15). The summed E-state index contributed by atoms with van der Waals surface area (Å²) >= 11 is 0. The van der Waals surface area contributed by atoms with Crippen molar-refractivity contribution in [1.29, 1.82) is 0 Å². The predicted octanol–water partition coefficient (Wildman–Crippen LogP) is 1.39. The maximum absolute atomic E-state index is 10.8. The van der Waals surface area contributed by atoms with Crippen LogP contribution in [0.5, 0.6) is 0 Å². The number of hydrogen-bond acceptors (Lipinski definition) is 4. The third kappa shape index (κ3) is 2.65. The number of aromatic carboxylic acids is 1. The predicted molar refractivity (Wildman–Crippen MR) is 54.8 cm³/mol. The van der Waals surface area contributed by atoms with Crippen LogP contribution in [0.4, 0.5) is 5.82 Å². The lowest BCUT2D eigenvalue weighted by atomic mass is 10.2. The van der Waals surface area contributed by atoms with Gasteiger partial charge in [0.15, 0.2) is 5.82 Å². The molecule has 2 N–H and O–H groups in total. The number of nitrogens with zero attached hydrogens (tertiary/aromatic N) is 2. The van der Waals surface area contributed by atoms with Crippen LogP contribution in [0.1, 0.15) is 29.6 Å². The molecule has 1 aliphatic rings. The smallest absolute Gasteiger partial charge is 0.339 e. The monoisotopic (exact) mass is 207 g/mol. The molecule has 2 rings (SSSR count). The first-order chi connectivity index (χ1) is 7.27.